The smallest absolute Gasteiger partial charge is 0.227 e. The summed E-state index contributed by atoms with van der Waals surface area (Å²) in [4.78, 5) is 10.4. The zero-order chi connectivity index (χ0) is 13.2. The molecule has 1 aromatic carbocycles. The van der Waals surface area contributed by atoms with Crippen molar-refractivity contribution in [1.29, 1.82) is 0 Å². The second-order valence-electron chi connectivity index (χ2n) is 4.15. The van der Waals surface area contributed by atoms with Gasteiger partial charge in [0.2, 0.25) is 11.2 Å². The van der Waals surface area contributed by atoms with E-state index in [0.29, 0.717) is 12.5 Å². The SMILES string of the molecule is Cc1cc2c(OCc3ccccc3)nc(Cl)nc2s1. The van der Waals surface area contributed by atoms with Gasteiger partial charge in [0.05, 0.1) is 5.39 Å². The Morgan fingerprint density at radius 1 is 1.21 bits per heavy atom. The molecule has 0 aliphatic rings. The van der Waals surface area contributed by atoms with Gasteiger partial charge in [-0.2, -0.15) is 4.98 Å². The maximum atomic E-state index is 5.92. The summed E-state index contributed by atoms with van der Waals surface area (Å²) in [5.41, 5.74) is 1.09. The predicted octanol–water partition coefficient (Wildman–Crippen LogP) is 4.23. The van der Waals surface area contributed by atoms with Gasteiger partial charge in [0.25, 0.3) is 0 Å². The quantitative estimate of drug-likeness (QED) is 0.677. The summed E-state index contributed by atoms with van der Waals surface area (Å²) in [5, 5.41) is 1.14. The van der Waals surface area contributed by atoms with E-state index >= 15 is 0 Å². The number of fused-ring (bicyclic) bond motifs is 1. The van der Waals surface area contributed by atoms with Crippen LogP contribution in [0.5, 0.6) is 5.88 Å². The third-order valence-corrected chi connectivity index (χ3v) is 3.79. The van der Waals surface area contributed by atoms with Crippen molar-refractivity contribution in [2.75, 3.05) is 0 Å². The van der Waals surface area contributed by atoms with Crippen LogP contribution < -0.4 is 4.74 Å². The monoisotopic (exact) mass is 290 g/mol. The van der Waals surface area contributed by atoms with E-state index in [1.54, 1.807) is 11.3 Å². The molecule has 19 heavy (non-hydrogen) atoms. The Hall–Kier alpha value is -1.65. The molecule has 0 spiro atoms. The molecule has 0 aliphatic heterocycles. The van der Waals surface area contributed by atoms with Crippen molar-refractivity contribution in [2.45, 2.75) is 13.5 Å². The Bertz CT molecular complexity index is 712. The molecule has 96 valence electrons. The molecule has 0 amide bonds. The minimum atomic E-state index is 0.220. The fourth-order valence-electron chi connectivity index (χ4n) is 1.83. The van der Waals surface area contributed by atoms with Crippen LogP contribution in [-0.2, 0) is 6.61 Å². The first-order valence-corrected chi connectivity index (χ1v) is 7.02. The summed E-state index contributed by atoms with van der Waals surface area (Å²) >= 11 is 7.51. The highest BCUT2D eigenvalue weighted by molar-refractivity contribution is 7.18. The average molecular weight is 291 g/mol. The number of benzene rings is 1. The molecular formula is C14H11ClN2OS. The van der Waals surface area contributed by atoms with E-state index in [1.807, 2.05) is 43.3 Å². The Morgan fingerprint density at radius 3 is 2.79 bits per heavy atom. The number of aromatic nitrogens is 2. The molecule has 2 aromatic heterocycles. The highest BCUT2D eigenvalue weighted by atomic mass is 35.5. The molecule has 0 atom stereocenters. The fraction of sp³-hybridized carbons (Fsp3) is 0.143. The normalized spacial score (nSPS) is 10.8. The molecule has 3 nitrogen and oxygen atoms in total. The molecule has 0 radical (unpaired) electrons. The van der Waals surface area contributed by atoms with Crippen LogP contribution >= 0.6 is 22.9 Å². The van der Waals surface area contributed by atoms with Gasteiger partial charge in [-0.05, 0) is 30.2 Å². The molecule has 3 rings (SSSR count). The van der Waals surface area contributed by atoms with Gasteiger partial charge in [-0.3, -0.25) is 0 Å². The average Bonchev–Trinajstić information content (AvgIpc) is 2.77. The molecule has 2 heterocycles. The van der Waals surface area contributed by atoms with E-state index in [9.17, 15) is 0 Å². The van der Waals surface area contributed by atoms with Gasteiger partial charge in [-0.1, -0.05) is 30.3 Å². The van der Waals surface area contributed by atoms with Crippen LogP contribution in [0.15, 0.2) is 36.4 Å². The van der Waals surface area contributed by atoms with Gasteiger partial charge in [-0.25, -0.2) is 4.98 Å². The standard InChI is InChI=1S/C14H11ClN2OS/c1-9-7-11-12(16-14(15)17-13(11)19-9)18-8-10-5-3-2-4-6-10/h2-7H,8H2,1H3. The summed E-state index contributed by atoms with van der Waals surface area (Å²) in [5.74, 6) is 0.545. The second-order valence-corrected chi connectivity index (χ2v) is 5.72. The summed E-state index contributed by atoms with van der Waals surface area (Å²) in [7, 11) is 0. The maximum Gasteiger partial charge on any atom is 0.227 e. The molecule has 0 saturated heterocycles. The highest BCUT2D eigenvalue weighted by Crippen LogP contribution is 2.31. The number of rotatable bonds is 3. The molecule has 0 bridgehead atoms. The lowest BCUT2D eigenvalue weighted by Gasteiger charge is -2.06. The van der Waals surface area contributed by atoms with Crippen molar-refractivity contribution in [1.82, 2.24) is 9.97 Å². The van der Waals surface area contributed by atoms with Crippen LogP contribution in [0.2, 0.25) is 5.28 Å². The molecule has 0 unspecified atom stereocenters. The van der Waals surface area contributed by atoms with E-state index in [2.05, 4.69) is 9.97 Å². The van der Waals surface area contributed by atoms with Crippen LogP contribution in [0, 0.1) is 6.92 Å². The third kappa shape index (κ3) is 2.69. The highest BCUT2D eigenvalue weighted by Gasteiger charge is 2.10. The lowest BCUT2D eigenvalue weighted by atomic mass is 10.2. The van der Waals surface area contributed by atoms with Crippen molar-refractivity contribution < 1.29 is 4.74 Å². The van der Waals surface area contributed by atoms with Gasteiger partial charge in [0.15, 0.2) is 0 Å². The molecule has 3 aromatic rings. The maximum absolute atomic E-state index is 5.92. The van der Waals surface area contributed by atoms with E-state index in [4.69, 9.17) is 16.3 Å². The zero-order valence-corrected chi connectivity index (χ0v) is 11.8. The van der Waals surface area contributed by atoms with Gasteiger partial charge in [0.1, 0.15) is 11.4 Å². The third-order valence-electron chi connectivity index (χ3n) is 2.67. The molecular weight excluding hydrogens is 280 g/mol. The van der Waals surface area contributed by atoms with E-state index in [-0.39, 0.29) is 5.28 Å². The number of hydrogen-bond donors (Lipinski definition) is 0. The topological polar surface area (TPSA) is 35.0 Å². The zero-order valence-electron chi connectivity index (χ0n) is 10.3. The minimum absolute atomic E-state index is 0.220. The number of halogens is 1. The summed E-state index contributed by atoms with van der Waals surface area (Å²) in [6.45, 7) is 2.50. The first kappa shape index (κ1) is 12.4. The lowest BCUT2D eigenvalue weighted by molar-refractivity contribution is 0.298. The van der Waals surface area contributed by atoms with Crippen molar-refractivity contribution in [2.24, 2.45) is 0 Å². The molecule has 0 aliphatic carbocycles. The fourth-order valence-corrected chi connectivity index (χ4v) is 2.91. The van der Waals surface area contributed by atoms with Gasteiger partial charge in [0, 0.05) is 4.88 Å². The number of nitrogens with zero attached hydrogens (tertiary/aromatic N) is 2. The number of hydrogen-bond acceptors (Lipinski definition) is 4. The van der Waals surface area contributed by atoms with Gasteiger partial charge >= 0.3 is 0 Å². The van der Waals surface area contributed by atoms with Crippen LogP contribution in [0.3, 0.4) is 0 Å². The summed E-state index contributed by atoms with van der Waals surface area (Å²) in [6.07, 6.45) is 0. The van der Waals surface area contributed by atoms with Crippen LogP contribution in [0.1, 0.15) is 10.4 Å². The van der Waals surface area contributed by atoms with Crippen LogP contribution in [0.4, 0.5) is 0 Å². The Balaban J connectivity index is 1.92. The van der Waals surface area contributed by atoms with Crippen LogP contribution in [0.25, 0.3) is 10.2 Å². The predicted molar refractivity (Wildman–Crippen MR) is 77.9 cm³/mol. The lowest BCUT2D eigenvalue weighted by Crippen LogP contribution is -1.98. The molecule has 0 saturated carbocycles. The molecule has 5 heteroatoms. The van der Waals surface area contributed by atoms with Crippen molar-refractivity contribution in [3.05, 3.63) is 52.1 Å². The van der Waals surface area contributed by atoms with Crippen LogP contribution in [-0.4, -0.2) is 9.97 Å². The van der Waals surface area contributed by atoms with Crippen molar-refractivity contribution >= 4 is 33.2 Å². The number of thiophene rings is 1. The van der Waals surface area contributed by atoms with E-state index in [1.165, 1.54) is 0 Å². The number of ether oxygens (including phenoxy) is 1. The van der Waals surface area contributed by atoms with Crippen molar-refractivity contribution in [3.63, 3.8) is 0 Å². The summed E-state index contributed by atoms with van der Waals surface area (Å²) < 4.78 is 5.77. The summed E-state index contributed by atoms with van der Waals surface area (Å²) in [6, 6.07) is 12.0. The van der Waals surface area contributed by atoms with Gasteiger partial charge < -0.3 is 4.74 Å². The van der Waals surface area contributed by atoms with E-state index < -0.39 is 0 Å². The Morgan fingerprint density at radius 2 is 2.00 bits per heavy atom. The largest absolute Gasteiger partial charge is 0.472 e. The number of aryl methyl sites for hydroxylation is 1. The van der Waals surface area contributed by atoms with Crippen molar-refractivity contribution in [3.8, 4) is 5.88 Å². The second kappa shape index (κ2) is 5.15. The minimum Gasteiger partial charge on any atom is -0.472 e. The molecule has 0 fully saturated rings. The Labute approximate surface area is 119 Å². The Kier molecular flexibility index (Phi) is 3.36. The van der Waals surface area contributed by atoms with Gasteiger partial charge in [-0.15, -0.1) is 11.3 Å². The van der Waals surface area contributed by atoms with E-state index in [0.717, 1.165) is 20.7 Å². The molecule has 0 N–H and O–H groups in total. The first-order valence-electron chi connectivity index (χ1n) is 5.83. The first-order chi connectivity index (χ1) is 9.22.